The predicted octanol–water partition coefficient (Wildman–Crippen LogP) is 17.9. The van der Waals surface area contributed by atoms with Crippen LogP contribution in [-0.2, 0) is 28.5 Å². The van der Waals surface area contributed by atoms with E-state index in [0.717, 1.165) is 49.7 Å². The molecule has 0 bridgehead atoms. The molecule has 2 saturated heterocycles. The van der Waals surface area contributed by atoms with E-state index in [9.17, 15) is 14.7 Å². The molecule has 0 aromatic rings. The first kappa shape index (κ1) is 70.0. The summed E-state index contributed by atoms with van der Waals surface area (Å²) in [7, 11) is 0. The van der Waals surface area contributed by atoms with E-state index in [1.54, 1.807) is 0 Å². The molecule has 7 nitrogen and oxygen atoms in total. The van der Waals surface area contributed by atoms with Crippen molar-refractivity contribution < 1.29 is 33.6 Å². The Balaban J connectivity index is 0.000000721. The molecule has 74 heavy (non-hydrogen) atoms. The standard InChI is InChI=1S/C33H56O3.C32H54O4.CH4.HI/c1-12-23(3)27(7)31-28(35-31)21-32(8,9)18-13-14-24(4)30-25(5)15-16-26(6)33(10,11)19-17-22(2)20-29(34)36-30;1-11-22(3)25(6)30-26(35-30)20-31(7,8)17-12-13-23(4)29-24(5)14-15-27(33)32(9,10)18-16-21(2)19-28(34)36-29;;/h13-16,18,22-23,25-28,30-31H,12,17,19-21H2,1-11H3;12-15,17,21-22,24-27,29-30,33H,11,16,18-20H2,1-10H3;1H4;1H/b16-15+,18-13+,24-14+;15-14+,17-12+,23-13+;;. The SMILES string of the molecule is C.CCC(C)C(C)C1OC1CC(C)(C)/C=C/C=C(\C)C1OC(=O)CC(C)CCC(C)(C)C(C)/C=C/C1C.CCC(C)C(C)C1OC1CC(C)(C)/C=C/C=C(\C)C1OC(=O)CC(C)CCC(C)(C)C(O)/C=C/C1C.I. The van der Waals surface area contributed by atoms with Gasteiger partial charge in [-0.05, 0) is 127 Å². The molecule has 0 aromatic heterocycles. The van der Waals surface area contributed by atoms with E-state index < -0.39 is 6.10 Å². The fraction of sp³-hybridized carbons (Fsp3) is 0.788. The Kier molecular flexibility index (Phi) is 29.3. The van der Waals surface area contributed by atoms with E-state index in [0.29, 0.717) is 72.8 Å². The second-order valence-electron chi connectivity index (χ2n) is 26.9. The Morgan fingerprint density at radius 3 is 1.39 bits per heavy atom. The second kappa shape index (κ2) is 31.0. The van der Waals surface area contributed by atoms with Crippen LogP contribution in [0.3, 0.4) is 0 Å². The van der Waals surface area contributed by atoms with E-state index in [1.165, 1.54) is 12.8 Å². The summed E-state index contributed by atoms with van der Waals surface area (Å²) >= 11 is 0. The van der Waals surface area contributed by atoms with E-state index in [1.807, 2.05) is 19.1 Å². The average Bonchev–Trinajstić information content (AvgIpc) is 4.24. The highest BCUT2D eigenvalue weighted by atomic mass is 127. The fourth-order valence-electron chi connectivity index (χ4n) is 10.6. The molecule has 428 valence electrons. The molecule has 4 rings (SSSR count). The van der Waals surface area contributed by atoms with E-state index in [4.69, 9.17) is 18.9 Å². The molecule has 4 aliphatic rings. The number of cyclic esters (lactones) is 2. The van der Waals surface area contributed by atoms with Gasteiger partial charge >= 0.3 is 11.9 Å². The van der Waals surface area contributed by atoms with Crippen LogP contribution in [0, 0.1) is 74.9 Å². The van der Waals surface area contributed by atoms with Crippen molar-refractivity contribution in [3.63, 3.8) is 0 Å². The molecule has 8 heteroatoms. The van der Waals surface area contributed by atoms with Crippen LogP contribution in [0.4, 0.5) is 0 Å². The normalized spacial score (nSPS) is 33.9. The molecule has 0 aliphatic carbocycles. The van der Waals surface area contributed by atoms with Gasteiger partial charge in [0.15, 0.2) is 0 Å². The van der Waals surface area contributed by atoms with E-state index in [-0.39, 0.29) is 95.0 Å². The smallest absolute Gasteiger partial charge is 0.306 e. The van der Waals surface area contributed by atoms with Gasteiger partial charge in [-0.25, -0.2) is 0 Å². The Bertz CT molecular complexity index is 1750. The molecule has 1 N–H and O–H groups in total. The van der Waals surface area contributed by atoms with Gasteiger partial charge < -0.3 is 24.1 Å². The summed E-state index contributed by atoms with van der Waals surface area (Å²) in [6.45, 7) is 46.7. The van der Waals surface area contributed by atoms with Gasteiger partial charge in [0, 0.05) is 24.7 Å². The first-order valence-electron chi connectivity index (χ1n) is 28.8. The summed E-state index contributed by atoms with van der Waals surface area (Å²) in [6.07, 6.45) is 31.1. The van der Waals surface area contributed by atoms with Crippen molar-refractivity contribution in [3.8, 4) is 0 Å². The maximum Gasteiger partial charge on any atom is 0.306 e. The van der Waals surface area contributed by atoms with E-state index in [2.05, 4.69) is 187 Å². The van der Waals surface area contributed by atoms with Crippen molar-refractivity contribution in [2.45, 2.75) is 260 Å². The van der Waals surface area contributed by atoms with Crippen LogP contribution in [0.1, 0.15) is 217 Å². The van der Waals surface area contributed by atoms with Crippen molar-refractivity contribution in [2.24, 2.45) is 74.9 Å². The second-order valence-corrected chi connectivity index (χ2v) is 26.9. The summed E-state index contributed by atoms with van der Waals surface area (Å²) in [5.41, 5.74) is 2.17. The lowest BCUT2D eigenvalue weighted by Gasteiger charge is -2.32. The summed E-state index contributed by atoms with van der Waals surface area (Å²) in [6, 6.07) is 0. The van der Waals surface area contributed by atoms with Gasteiger partial charge in [0.05, 0.1) is 30.5 Å². The summed E-state index contributed by atoms with van der Waals surface area (Å²) in [5, 5.41) is 10.8. The van der Waals surface area contributed by atoms with Crippen LogP contribution < -0.4 is 0 Å². The Hall–Kier alpha value is -2.01. The Morgan fingerprint density at radius 1 is 0.649 bits per heavy atom. The van der Waals surface area contributed by atoms with Gasteiger partial charge in [-0.15, -0.1) is 24.0 Å². The molecule has 0 spiro atoms. The van der Waals surface area contributed by atoms with E-state index >= 15 is 0 Å². The third-order valence-corrected chi connectivity index (χ3v) is 17.9. The lowest BCUT2D eigenvalue weighted by molar-refractivity contribution is -0.150. The van der Waals surface area contributed by atoms with Crippen LogP contribution in [0.2, 0.25) is 0 Å². The zero-order chi connectivity index (χ0) is 54.5. The number of epoxide rings is 2. The van der Waals surface area contributed by atoms with Crippen LogP contribution in [0.15, 0.2) is 71.9 Å². The highest BCUT2D eigenvalue weighted by Gasteiger charge is 2.47. The zero-order valence-electron chi connectivity index (χ0n) is 50.4. The lowest BCUT2D eigenvalue weighted by Crippen LogP contribution is -2.31. The molecule has 2 fully saturated rings. The van der Waals surface area contributed by atoms with Gasteiger partial charge in [-0.1, -0.05) is 213 Å². The largest absolute Gasteiger partial charge is 0.457 e. The Morgan fingerprint density at radius 2 is 1.01 bits per heavy atom. The monoisotopic (exact) mass is 1150 g/mol. The minimum absolute atomic E-state index is 0. The Labute approximate surface area is 473 Å². The van der Waals surface area contributed by atoms with Crippen LogP contribution in [0.5, 0.6) is 0 Å². The highest BCUT2D eigenvalue weighted by molar-refractivity contribution is 14.0. The predicted molar refractivity (Wildman–Crippen MR) is 324 cm³/mol. The van der Waals surface area contributed by atoms with Crippen molar-refractivity contribution >= 4 is 35.9 Å². The first-order valence-corrected chi connectivity index (χ1v) is 28.8. The third kappa shape index (κ3) is 23.1. The van der Waals surface area contributed by atoms with Crippen LogP contribution >= 0.6 is 24.0 Å². The minimum atomic E-state index is -0.524. The number of aliphatic hydroxyl groups excluding tert-OH is 1. The molecule has 16 unspecified atom stereocenters. The number of allylic oxidation sites excluding steroid dienone is 7. The highest BCUT2D eigenvalue weighted by Crippen LogP contribution is 2.43. The average molecular weight is 1150 g/mol. The molecule has 0 radical (unpaired) electrons. The maximum absolute atomic E-state index is 12.8. The molecule has 16 atom stereocenters. The molecule has 0 saturated carbocycles. The number of aliphatic hydroxyl groups is 1. The summed E-state index contributed by atoms with van der Waals surface area (Å²) < 4.78 is 24.2. The molecule has 0 amide bonds. The number of carbonyl (C=O) groups excluding carboxylic acids is 2. The van der Waals surface area contributed by atoms with Crippen molar-refractivity contribution in [3.05, 3.63) is 71.9 Å². The fourth-order valence-corrected chi connectivity index (χ4v) is 10.6. The molecule has 4 aliphatic heterocycles. The number of ether oxygens (including phenoxy) is 4. The molecule has 4 heterocycles. The van der Waals surface area contributed by atoms with Gasteiger partial charge in [0.1, 0.15) is 12.2 Å². The van der Waals surface area contributed by atoms with Crippen molar-refractivity contribution in [1.29, 1.82) is 0 Å². The van der Waals surface area contributed by atoms with Gasteiger partial charge in [0.25, 0.3) is 0 Å². The van der Waals surface area contributed by atoms with Crippen LogP contribution in [-0.4, -0.2) is 59.8 Å². The van der Waals surface area contributed by atoms with Gasteiger partial charge in [-0.3, -0.25) is 9.59 Å². The topological polar surface area (TPSA) is 97.9 Å². The molecular formula is C66H115IO7. The number of carbonyl (C=O) groups is 2. The van der Waals surface area contributed by atoms with Gasteiger partial charge in [0.2, 0.25) is 0 Å². The summed E-state index contributed by atoms with van der Waals surface area (Å²) in [5.74, 6) is 3.51. The number of rotatable bonds is 16. The van der Waals surface area contributed by atoms with Crippen LogP contribution in [0.25, 0.3) is 0 Å². The lowest BCUT2D eigenvalue weighted by atomic mass is 9.74. The number of hydrogen-bond donors (Lipinski definition) is 1. The van der Waals surface area contributed by atoms with Crippen molar-refractivity contribution in [1.82, 2.24) is 0 Å². The number of hydrogen-bond acceptors (Lipinski definition) is 7. The summed E-state index contributed by atoms with van der Waals surface area (Å²) in [4.78, 5) is 25.6. The van der Waals surface area contributed by atoms with Crippen molar-refractivity contribution in [2.75, 3.05) is 0 Å². The maximum atomic E-state index is 12.8. The minimum Gasteiger partial charge on any atom is -0.457 e. The van der Waals surface area contributed by atoms with Gasteiger partial charge in [-0.2, -0.15) is 0 Å². The third-order valence-electron chi connectivity index (χ3n) is 17.9. The number of halogens is 1. The zero-order valence-corrected chi connectivity index (χ0v) is 52.7. The molecule has 0 aromatic carbocycles. The molecular weight excluding hydrogens is 1030 g/mol. The quantitative estimate of drug-likeness (QED) is 0.0540. The number of esters is 2. The first-order chi connectivity index (χ1) is 33.3.